The summed E-state index contributed by atoms with van der Waals surface area (Å²) in [5.41, 5.74) is 1.41. The maximum atomic E-state index is 12.8. The molecule has 0 saturated carbocycles. The van der Waals surface area contributed by atoms with E-state index in [1.54, 1.807) is 43.3 Å². The largest absolute Gasteiger partial charge is 0.462 e. The van der Waals surface area contributed by atoms with Crippen molar-refractivity contribution in [3.05, 3.63) is 64.7 Å². The summed E-state index contributed by atoms with van der Waals surface area (Å²) in [7, 11) is 0. The van der Waals surface area contributed by atoms with Crippen molar-refractivity contribution in [3.8, 4) is 11.3 Å². The van der Waals surface area contributed by atoms with Crippen molar-refractivity contribution >= 4 is 22.5 Å². The Labute approximate surface area is 137 Å². The zero-order valence-electron chi connectivity index (χ0n) is 12.9. The van der Waals surface area contributed by atoms with Crippen LogP contribution >= 0.6 is 0 Å². The van der Waals surface area contributed by atoms with Crippen LogP contribution in [0.5, 0.6) is 0 Å². The molecule has 0 amide bonds. The van der Waals surface area contributed by atoms with E-state index < -0.39 is 5.97 Å². The molecule has 3 aromatic rings. The molecule has 1 aromatic heterocycles. The van der Waals surface area contributed by atoms with Crippen LogP contribution in [-0.2, 0) is 4.74 Å². The minimum Gasteiger partial charge on any atom is -0.462 e. The summed E-state index contributed by atoms with van der Waals surface area (Å²) in [4.78, 5) is 25.0. The molecule has 2 aromatic carbocycles. The lowest BCUT2D eigenvalue weighted by molar-refractivity contribution is 0.0522. The van der Waals surface area contributed by atoms with Gasteiger partial charge < -0.3 is 9.15 Å². The zero-order chi connectivity index (χ0) is 16.8. The average molecular weight is 319 g/mol. The van der Waals surface area contributed by atoms with Gasteiger partial charge in [0.25, 0.3) is 0 Å². The third-order valence-corrected chi connectivity index (χ3v) is 4.13. The van der Waals surface area contributed by atoms with E-state index >= 15 is 0 Å². The molecule has 0 bridgehead atoms. The SMILES string of the molecule is CCOC(=O)c1c(=N)oc2c3c(cccc13)C(=O)c1ccccc1-2. The lowest BCUT2D eigenvalue weighted by Gasteiger charge is -2.19. The van der Waals surface area contributed by atoms with Gasteiger partial charge in [-0.1, -0.05) is 42.5 Å². The third kappa shape index (κ3) is 1.84. The van der Waals surface area contributed by atoms with Gasteiger partial charge in [-0.15, -0.1) is 0 Å². The van der Waals surface area contributed by atoms with Crippen LogP contribution in [0.2, 0.25) is 0 Å². The summed E-state index contributed by atoms with van der Waals surface area (Å²) in [6.45, 7) is 1.90. The number of esters is 1. The molecule has 1 aliphatic carbocycles. The van der Waals surface area contributed by atoms with Crippen LogP contribution in [-0.4, -0.2) is 18.4 Å². The van der Waals surface area contributed by atoms with Crippen molar-refractivity contribution in [2.24, 2.45) is 0 Å². The molecule has 0 atom stereocenters. The van der Waals surface area contributed by atoms with Gasteiger partial charge in [-0.2, -0.15) is 0 Å². The van der Waals surface area contributed by atoms with Crippen LogP contribution in [0.15, 0.2) is 46.9 Å². The predicted octanol–water partition coefficient (Wildman–Crippen LogP) is 3.30. The molecule has 1 N–H and O–H groups in total. The van der Waals surface area contributed by atoms with Gasteiger partial charge in [0.15, 0.2) is 5.78 Å². The first kappa shape index (κ1) is 14.4. The summed E-state index contributed by atoms with van der Waals surface area (Å²) in [5.74, 6) is -0.304. The molecule has 24 heavy (non-hydrogen) atoms. The van der Waals surface area contributed by atoms with E-state index in [-0.39, 0.29) is 23.5 Å². The summed E-state index contributed by atoms with van der Waals surface area (Å²) in [6.07, 6.45) is 0. The molecule has 5 nitrogen and oxygen atoms in total. The summed E-state index contributed by atoms with van der Waals surface area (Å²) in [6, 6.07) is 12.2. The minimum absolute atomic E-state index is 0.0460. The Hall–Kier alpha value is -3.21. The first-order valence-electron chi connectivity index (χ1n) is 7.59. The highest BCUT2D eigenvalue weighted by atomic mass is 16.5. The van der Waals surface area contributed by atoms with Gasteiger partial charge in [-0.3, -0.25) is 10.2 Å². The van der Waals surface area contributed by atoms with E-state index in [4.69, 9.17) is 14.6 Å². The number of fused-ring (bicyclic) bond motifs is 2. The Morgan fingerprint density at radius 1 is 1.08 bits per heavy atom. The molecule has 0 saturated heterocycles. The fraction of sp³-hybridized carbons (Fsp3) is 0.105. The van der Waals surface area contributed by atoms with Gasteiger partial charge in [0.05, 0.1) is 6.61 Å². The van der Waals surface area contributed by atoms with Gasteiger partial charge >= 0.3 is 5.97 Å². The molecule has 0 aliphatic heterocycles. The number of ether oxygens (including phenoxy) is 1. The summed E-state index contributed by atoms with van der Waals surface area (Å²) < 4.78 is 10.7. The van der Waals surface area contributed by atoms with E-state index in [9.17, 15) is 9.59 Å². The molecule has 4 rings (SSSR count). The van der Waals surface area contributed by atoms with E-state index in [0.29, 0.717) is 33.2 Å². The Morgan fingerprint density at radius 2 is 1.79 bits per heavy atom. The topological polar surface area (TPSA) is 80.4 Å². The van der Waals surface area contributed by atoms with Gasteiger partial charge in [0.2, 0.25) is 5.55 Å². The van der Waals surface area contributed by atoms with Gasteiger partial charge in [-0.05, 0) is 6.92 Å². The highest BCUT2D eigenvalue weighted by molar-refractivity contribution is 6.26. The monoisotopic (exact) mass is 319 g/mol. The van der Waals surface area contributed by atoms with E-state index in [1.807, 2.05) is 6.07 Å². The predicted molar refractivity (Wildman–Crippen MR) is 86.9 cm³/mol. The number of carbonyl (C=O) groups is 2. The minimum atomic E-state index is -0.624. The number of benzene rings is 2. The summed E-state index contributed by atoms with van der Waals surface area (Å²) >= 11 is 0. The van der Waals surface area contributed by atoms with E-state index in [0.717, 1.165) is 0 Å². The molecular weight excluding hydrogens is 306 g/mol. The fourth-order valence-electron chi connectivity index (χ4n) is 3.14. The number of carbonyl (C=O) groups excluding carboxylic acids is 2. The molecule has 0 spiro atoms. The molecule has 0 unspecified atom stereocenters. The van der Waals surface area contributed by atoms with Crippen LogP contribution < -0.4 is 5.55 Å². The van der Waals surface area contributed by atoms with Gasteiger partial charge in [0, 0.05) is 27.5 Å². The molecular formula is C19H13NO4. The second-order valence-electron chi connectivity index (χ2n) is 5.46. The molecule has 1 aliphatic rings. The van der Waals surface area contributed by atoms with Crippen molar-refractivity contribution in [2.75, 3.05) is 6.61 Å². The highest BCUT2D eigenvalue weighted by Crippen LogP contribution is 2.39. The van der Waals surface area contributed by atoms with Crippen LogP contribution in [0.1, 0.15) is 33.2 Å². The van der Waals surface area contributed by atoms with Gasteiger partial charge in [-0.25, -0.2) is 4.79 Å². The highest BCUT2D eigenvalue weighted by Gasteiger charge is 2.29. The van der Waals surface area contributed by atoms with Crippen LogP contribution in [0.4, 0.5) is 0 Å². The fourth-order valence-corrected chi connectivity index (χ4v) is 3.14. The summed E-state index contributed by atoms with van der Waals surface area (Å²) in [5, 5.41) is 9.20. The average Bonchev–Trinajstić information content (AvgIpc) is 2.59. The van der Waals surface area contributed by atoms with Crippen molar-refractivity contribution in [1.29, 1.82) is 5.41 Å². The molecule has 5 heteroatoms. The number of ketones is 1. The van der Waals surface area contributed by atoms with Crippen molar-refractivity contribution < 1.29 is 18.7 Å². The maximum Gasteiger partial charge on any atom is 0.344 e. The molecule has 0 radical (unpaired) electrons. The Bertz CT molecular complexity index is 1080. The number of nitrogens with one attached hydrogen (secondary N) is 1. The molecule has 0 fully saturated rings. The van der Waals surface area contributed by atoms with Crippen molar-refractivity contribution in [3.63, 3.8) is 0 Å². The Kier molecular flexibility index (Phi) is 3.09. The molecule has 118 valence electrons. The lowest BCUT2D eigenvalue weighted by atomic mass is 9.85. The standard InChI is InChI=1S/C19H13NO4/c1-2-23-19(22)15-12-8-5-9-13-14(12)17(24-18(15)20)11-7-4-3-6-10(11)16(13)21/h3-9,20H,2H2,1H3. The third-order valence-electron chi connectivity index (χ3n) is 4.13. The second-order valence-corrected chi connectivity index (χ2v) is 5.46. The van der Waals surface area contributed by atoms with E-state index in [1.165, 1.54) is 0 Å². The van der Waals surface area contributed by atoms with Crippen molar-refractivity contribution in [1.82, 2.24) is 0 Å². The maximum absolute atomic E-state index is 12.8. The smallest absolute Gasteiger partial charge is 0.344 e. The van der Waals surface area contributed by atoms with Crippen molar-refractivity contribution in [2.45, 2.75) is 6.92 Å². The van der Waals surface area contributed by atoms with Crippen LogP contribution in [0.25, 0.3) is 22.1 Å². The first-order chi connectivity index (χ1) is 11.6. The number of hydrogen-bond donors (Lipinski definition) is 1. The lowest BCUT2D eigenvalue weighted by Crippen LogP contribution is -2.20. The quantitative estimate of drug-likeness (QED) is 0.575. The van der Waals surface area contributed by atoms with E-state index in [2.05, 4.69) is 0 Å². The number of rotatable bonds is 2. The second kappa shape index (κ2) is 5.16. The number of hydrogen-bond acceptors (Lipinski definition) is 5. The van der Waals surface area contributed by atoms with Crippen LogP contribution in [0, 0.1) is 5.41 Å². The Morgan fingerprint density at radius 3 is 2.54 bits per heavy atom. The van der Waals surface area contributed by atoms with Crippen LogP contribution in [0.3, 0.4) is 0 Å². The zero-order valence-corrected chi connectivity index (χ0v) is 12.9. The normalized spacial score (nSPS) is 12.1. The molecule has 1 heterocycles. The van der Waals surface area contributed by atoms with Gasteiger partial charge in [0.1, 0.15) is 11.3 Å². The first-order valence-corrected chi connectivity index (χ1v) is 7.59. The Balaban J connectivity index is 2.17.